The number of anilines is 1. The summed E-state index contributed by atoms with van der Waals surface area (Å²) in [6, 6.07) is 11.2. The number of aromatic nitrogens is 4. The molecule has 0 aromatic carbocycles. The van der Waals surface area contributed by atoms with E-state index in [1.807, 2.05) is 54.2 Å². The smallest absolute Gasteiger partial charge is 0.259 e. The second-order valence-corrected chi connectivity index (χ2v) is 6.67. The molecule has 4 rings (SSSR count). The first-order valence-corrected chi connectivity index (χ1v) is 9.60. The first-order valence-electron chi connectivity index (χ1n) is 9.60. The first-order chi connectivity index (χ1) is 14.2. The molecule has 0 atom stereocenters. The molecule has 148 valence electrons. The molecule has 29 heavy (non-hydrogen) atoms. The van der Waals surface area contributed by atoms with Gasteiger partial charge in [-0.1, -0.05) is 6.92 Å². The maximum atomic E-state index is 13.0. The first kappa shape index (κ1) is 18.7. The van der Waals surface area contributed by atoms with Gasteiger partial charge in [0.1, 0.15) is 12.4 Å². The van der Waals surface area contributed by atoms with Gasteiger partial charge in [0, 0.05) is 43.6 Å². The molecule has 0 saturated carbocycles. The fourth-order valence-electron chi connectivity index (χ4n) is 3.35. The number of rotatable bonds is 7. The van der Waals surface area contributed by atoms with Gasteiger partial charge in [-0.3, -0.25) is 19.1 Å². The highest BCUT2D eigenvalue weighted by Crippen LogP contribution is 2.28. The summed E-state index contributed by atoms with van der Waals surface area (Å²) in [5.41, 5.74) is 2.14. The van der Waals surface area contributed by atoms with Gasteiger partial charge in [0.05, 0.1) is 12.2 Å². The van der Waals surface area contributed by atoms with Crippen molar-refractivity contribution in [2.24, 2.45) is 0 Å². The maximum Gasteiger partial charge on any atom is 0.259 e. The van der Waals surface area contributed by atoms with Crippen LogP contribution in [0.15, 0.2) is 67.4 Å². The predicted octanol–water partition coefficient (Wildman–Crippen LogP) is 3.45. The highest BCUT2D eigenvalue weighted by molar-refractivity contribution is 6.05. The number of carbonyl (C=O) groups is 1. The van der Waals surface area contributed by atoms with Crippen LogP contribution in [0, 0.1) is 0 Å². The molecular weight excluding hydrogens is 366 g/mol. The van der Waals surface area contributed by atoms with Gasteiger partial charge in [-0.05, 0) is 42.8 Å². The van der Waals surface area contributed by atoms with Crippen LogP contribution >= 0.6 is 0 Å². The number of hydrogen-bond acceptors (Lipinski definition) is 4. The molecule has 0 aliphatic rings. The zero-order valence-corrected chi connectivity index (χ0v) is 16.5. The maximum absolute atomic E-state index is 13.0. The van der Waals surface area contributed by atoms with E-state index in [9.17, 15) is 4.79 Å². The Kier molecular flexibility index (Phi) is 5.29. The molecule has 4 heterocycles. The molecule has 7 heteroatoms. The molecule has 0 unspecified atom stereocenters. The van der Waals surface area contributed by atoms with E-state index in [0.29, 0.717) is 30.0 Å². The minimum absolute atomic E-state index is 0.108. The van der Waals surface area contributed by atoms with Crippen molar-refractivity contribution in [3.8, 4) is 5.75 Å². The van der Waals surface area contributed by atoms with Crippen molar-refractivity contribution in [1.82, 2.24) is 18.9 Å². The van der Waals surface area contributed by atoms with Crippen LogP contribution in [0.25, 0.3) is 5.65 Å². The van der Waals surface area contributed by atoms with Gasteiger partial charge in [-0.15, -0.1) is 0 Å². The van der Waals surface area contributed by atoms with E-state index in [4.69, 9.17) is 9.72 Å². The van der Waals surface area contributed by atoms with Gasteiger partial charge < -0.3 is 9.30 Å². The number of hydrogen-bond donors (Lipinski definition) is 0. The van der Waals surface area contributed by atoms with Crippen LogP contribution in [-0.4, -0.2) is 38.5 Å². The molecule has 0 N–H and O–H groups in total. The van der Waals surface area contributed by atoms with Crippen LogP contribution < -0.4 is 9.64 Å². The molecule has 0 radical (unpaired) electrons. The average molecular weight is 389 g/mol. The Morgan fingerprint density at radius 3 is 2.59 bits per heavy atom. The number of fused-ring (bicyclic) bond motifs is 1. The molecule has 4 aromatic heterocycles. The molecule has 0 fully saturated rings. The monoisotopic (exact) mass is 389 g/mol. The highest BCUT2D eigenvalue weighted by atomic mass is 16.5. The number of aryl methyl sites for hydroxylation is 1. The van der Waals surface area contributed by atoms with Crippen molar-refractivity contribution < 1.29 is 9.53 Å². The van der Waals surface area contributed by atoms with E-state index in [1.54, 1.807) is 36.5 Å². The summed E-state index contributed by atoms with van der Waals surface area (Å²) in [6.45, 7) is 3.31. The number of imidazole rings is 1. The molecule has 0 aliphatic heterocycles. The van der Waals surface area contributed by atoms with Gasteiger partial charge in [0.25, 0.3) is 5.91 Å². The third-order valence-corrected chi connectivity index (χ3v) is 4.82. The number of ether oxygens (including phenoxy) is 1. The minimum atomic E-state index is -0.108. The minimum Gasteiger partial charge on any atom is -0.488 e. The van der Waals surface area contributed by atoms with E-state index < -0.39 is 0 Å². The van der Waals surface area contributed by atoms with Crippen LogP contribution in [-0.2, 0) is 13.0 Å². The second kappa shape index (κ2) is 8.18. The third-order valence-electron chi connectivity index (χ3n) is 4.82. The number of carbonyl (C=O) groups excluding carboxylic acids is 1. The summed E-state index contributed by atoms with van der Waals surface area (Å²) < 4.78 is 10.00. The number of amides is 1. The summed E-state index contributed by atoms with van der Waals surface area (Å²) in [7, 11) is 1.77. The van der Waals surface area contributed by atoms with Gasteiger partial charge in [0.15, 0.2) is 11.4 Å². The predicted molar refractivity (Wildman–Crippen MR) is 111 cm³/mol. The van der Waals surface area contributed by atoms with Crippen molar-refractivity contribution in [2.45, 2.75) is 19.9 Å². The fraction of sp³-hybridized carbons (Fsp3) is 0.227. The Morgan fingerprint density at radius 2 is 1.86 bits per heavy atom. The Bertz CT molecular complexity index is 1100. The Morgan fingerprint density at radius 1 is 1.10 bits per heavy atom. The molecule has 0 spiro atoms. The van der Waals surface area contributed by atoms with Crippen LogP contribution in [0.3, 0.4) is 0 Å². The zero-order chi connectivity index (χ0) is 20.2. The lowest BCUT2D eigenvalue weighted by atomic mass is 10.2. The average Bonchev–Trinajstić information content (AvgIpc) is 3.41. The molecule has 4 aromatic rings. The Hall–Kier alpha value is -3.61. The fourth-order valence-corrected chi connectivity index (χ4v) is 3.35. The van der Waals surface area contributed by atoms with Gasteiger partial charge in [0.2, 0.25) is 0 Å². The Balaban J connectivity index is 1.64. The largest absolute Gasteiger partial charge is 0.488 e. The Labute approximate surface area is 169 Å². The summed E-state index contributed by atoms with van der Waals surface area (Å²) >= 11 is 0. The quantitative estimate of drug-likeness (QED) is 0.486. The lowest BCUT2D eigenvalue weighted by molar-refractivity contribution is 0.0992. The van der Waals surface area contributed by atoms with Crippen molar-refractivity contribution in [2.75, 3.05) is 18.6 Å². The van der Waals surface area contributed by atoms with Crippen molar-refractivity contribution in [3.63, 3.8) is 0 Å². The summed E-state index contributed by atoms with van der Waals surface area (Å²) in [4.78, 5) is 23.4. The molecular formula is C22H23N5O2. The highest BCUT2D eigenvalue weighted by Gasteiger charge is 2.22. The lowest BCUT2D eigenvalue weighted by Crippen LogP contribution is -2.28. The van der Waals surface area contributed by atoms with E-state index in [-0.39, 0.29) is 5.91 Å². The van der Waals surface area contributed by atoms with Crippen molar-refractivity contribution >= 4 is 17.4 Å². The van der Waals surface area contributed by atoms with E-state index in [1.165, 1.54) is 0 Å². The van der Waals surface area contributed by atoms with Crippen LogP contribution in [0.1, 0.15) is 23.0 Å². The number of nitrogens with zero attached hydrogens (tertiary/aromatic N) is 5. The topological polar surface area (TPSA) is 64.7 Å². The number of pyridine rings is 2. The molecule has 0 aliphatic carbocycles. The normalized spacial score (nSPS) is 11.0. The summed E-state index contributed by atoms with van der Waals surface area (Å²) in [6.07, 6.45) is 9.86. The molecule has 7 nitrogen and oxygen atoms in total. The van der Waals surface area contributed by atoms with Crippen LogP contribution in [0.5, 0.6) is 5.75 Å². The van der Waals surface area contributed by atoms with E-state index >= 15 is 0 Å². The van der Waals surface area contributed by atoms with Gasteiger partial charge >= 0.3 is 0 Å². The van der Waals surface area contributed by atoms with Gasteiger partial charge in [-0.2, -0.15) is 0 Å². The van der Waals surface area contributed by atoms with Crippen LogP contribution in [0.4, 0.5) is 5.82 Å². The summed E-state index contributed by atoms with van der Waals surface area (Å²) in [5, 5.41) is 0. The van der Waals surface area contributed by atoms with Gasteiger partial charge in [-0.25, -0.2) is 4.98 Å². The molecule has 0 saturated heterocycles. The van der Waals surface area contributed by atoms with Crippen molar-refractivity contribution in [3.05, 3.63) is 78.6 Å². The standard InChI is InChI=1S/C22H23N5O2/c1-3-18-21(25(2)22(28)17-8-10-23-11-9-17)27-14-6-7-19(20(27)24-18)29-16-15-26-12-4-5-13-26/h4-14H,3,15-16H2,1-2H3. The van der Waals surface area contributed by atoms with Crippen molar-refractivity contribution in [1.29, 1.82) is 0 Å². The summed E-state index contributed by atoms with van der Waals surface area (Å²) in [5.74, 6) is 1.34. The van der Waals surface area contributed by atoms with E-state index in [2.05, 4.69) is 9.55 Å². The van der Waals surface area contributed by atoms with E-state index in [0.717, 1.165) is 18.1 Å². The second-order valence-electron chi connectivity index (χ2n) is 6.67. The van der Waals surface area contributed by atoms with Crippen LogP contribution in [0.2, 0.25) is 0 Å². The molecule has 0 bridgehead atoms. The zero-order valence-electron chi connectivity index (χ0n) is 16.5. The SMILES string of the molecule is CCc1nc2c(OCCn3cccc3)cccn2c1N(C)C(=O)c1ccncc1. The lowest BCUT2D eigenvalue weighted by Gasteiger charge is -2.18. The third kappa shape index (κ3) is 3.71. The molecule has 1 amide bonds.